The lowest BCUT2D eigenvalue weighted by Gasteiger charge is -2.27. The molecule has 0 saturated carbocycles. The summed E-state index contributed by atoms with van der Waals surface area (Å²) in [4.78, 5) is 0. The topological polar surface area (TPSA) is 0 Å². The summed E-state index contributed by atoms with van der Waals surface area (Å²) in [7, 11) is 0. The minimum atomic E-state index is 0.793. The van der Waals surface area contributed by atoms with E-state index in [2.05, 4.69) is 49.9 Å². The average Bonchev–Trinajstić information content (AvgIpc) is 2.26. The molecule has 0 radical (unpaired) electrons. The van der Waals surface area contributed by atoms with Gasteiger partial charge in [0.15, 0.2) is 0 Å². The zero-order chi connectivity index (χ0) is 11.4. The van der Waals surface area contributed by atoms with E-state index in [1.165, 1.54) is 30.4 Å². The Morgan fingerprint density at radius 2 is 2.06 bits per heavy atom. The lowest BCUT2D eigenvalue weighted by Crippen LogP contribution is -2.15. The van der Waals surface area contributed by atoms with Crippen molar-refractivity contribution in [3.8, 4) is 0 Å². The Morgan fingerprint density at radius 3 is 2.62 bits per heavy atom. The second-order valence-corrected chi connectivity index (χ2v) is 4.86. The van der Waals surface area contributed by atoms with E-state index in [9.17, 15) is 0 Å². The maximum Gasteiger partial charge on any atom is -0.0128 e. The van der Waals surface area contributed by atoms with Crippen LogP contribution in [0.2, 0.25) is 0 Å². The van der Waals surface area contributed by atoms with Crippen molar-refractivity contribution in [3.05, 3.63) is 59.7 Å². The molecule has 1 unspecified atom stereocenters. The molecule has 0 fully saturated rings. The molecular weight excluding hydrogens is 192 g/mol. The maximum atomic E-state index is 3.97. The van der Waals surface area contributed by atoms with Gasteiger partial charge in [0.05, 0.1) is 0 Å². The molecular formula is C16H20. The van der Waals surface area contributed by atoms with E-state index in [0.717, 1.165) is 12.3 Å². The number of rotatable bonds is 5. The molecule has 2 rings (SSSR count). The molecule has 0 nitrogen and oxygen atoms in total. The van der Waals surface area contributed by atoms with Gasteiger partial charge in [-0.15, -0.1) is 6.58 Å². The summed E-state index contributed by atoms with van der Waals surface area (Å²) in [6, 6.07) is 10.8. The number of hydrogen-bond acceptors (Lipinski definition) is 0. The maximum absolute atomic E-state index is 3.97. The molecule has 0 aromatic heterocycles. The summed E-state index contributed by atoms with van der Waals surface area (Å²) in [5.74, 6) is 0.793. The summed E-state index contributed by atoms with van der Waals surface area (Å²) in [5.41, 5.74) is 4.41. The molecule has 0 amide bonds. The first-order valence-corrected chi connectivity index (χ1v) is 6.13. The zero-order valence-electron chi connectivity index (χ0n) is 10.1. The molecule has 0 bridgehead atoms. The lowest BCUT2D eigenvalue weighted by atomic mass is 9.78. The van der Waals surface area contributed by atoms with Crippen LogP contribution in [0.1, 0.15) is 31.7 Å². The highest BCUT2D eigenvalue weighted by Crippen LogP contribution is 2.34. The normalized spacial score (nSPS) is 18.8. The Hall–Kier alpha value is -1.30. The first-order valence-electron chi connectivity index (χ1n) is 6.13. The molecule has 0 heteroatoms. The van der Waals surface area contributed by atoms with Crippen LogP contribution in [-0.2, 0) is 6.42 Å². The van der Waals surface area contributed by atoms with Crippen LogP contribution in [0.15, 0.2) is 54.1 Å². The van der Waals surface area contributed by atoms with Gasteiger partial charge >= 0.3 is 0 Å². The Kier molecular flexibility index (Phi) is 3.61. The third-order valence-electron chi connectivity index (χ3n) is 3.35. The SMILES string of the molecule is C=C(C)CCC1=CCC1Cc1ccccc1. The molecule has 0 heterocycles. The largest absolute Gasteiger partial charge is 0.100 e. The predicted octanol–water partition coefficient (Wildman–Crippen LogP) is 4.53. The summed E-state index contributed by atoms with van der Waals surface area (Å²) in [6.07, 6.45) is 7.24. The van der Waals surface area contributed by atoms with Crippen LogP contribution in [0.5, 0.6) is 0 Å². The fourth-order valence-electron chi connectivity index (χ4n) is 2.23. The van der Waals surface area contributed by atoms with Gasteiger partial charge in [-0.1, -0.05) is 47.6 Å². The van der Waals surface area contributed by atoms with Crippen molar-refractivity contribution < 1.29 is 0 Å². The van der Waals surface area contributed by atoms with Gasteiger partial charge in [-0.25, -0.2) is 0 Å². The van der Waals surface area contributed by atoms with Crippen molar-refractivity contribution in [1.29, 1.82) is 0 Å². The molecule has 0 saturated heterocycles. The van der Waals surface area contributed by atoms with Crippen LogP contribution in [0.3, 0.4) is 0 Å². The summed E-state index contributed by atoms with van der Waals surface area (Å²) < 4.78 is 0. The predicted molar refractivity (Wildman–Crippen MR) is 70.4 cm³/mol. The Balaban J connectivity index is 1.85. The first-order chi connectivity index (χ1) is 7.75. The van der Waals surface area contributed by atoms with Gasteiger partial charge < -0.3 is 0 Å². The van der Waals surface area contributed by atoms with Crippen molar-refractivity contribution in [2.75, 3.05) is 0 Å². The van der Waals surface area contributed by atoms with Crippen molar-refractivity contribution in [2.45, 2.75) is 32.6 Å². The molecule has 0 N–H and O–H groups in total. The molecule has 84 valence electrons. The van der Waals surface area contributed by atoms with E-state index < -0.39 is 0 Å². The van der Waals surface area contributed by atoms with E-state index in [1.807, 2.05) is 0 Å². The molecule has 16 heavy (non-hydrogen) atoms. The second kappa shape index (κ2) is 5.16. The molecule has 1 aromatic carbocycles. The lowest BCUT2D eigenvalue weighted by molar-refractivity contribution is 0.531. The standard InChI is InChI=1S/C16H20/c1-13(2)8-9-15-10-11-16(15)12-14-6-4-3-5-7-14/h3-7,10,16H,1,8-9,11-12H2,2H3. The number of allylic oxidation sites excluding steroid dienone is 3. The van der Waals surface area contributed by atoms with Gasteiger partial charge in [-0.3, -0.25) is 0 Å². The smallest absolute Gasteiger partial charge is 0.0128 e. The Bertz CT molecular complexity index is 384. The Labute approximate surface area is 98.7 Å². The zero-order valence-corrected chi connectivity index (χ0v) is 10.1. The van der Waals surface area contributed by atoms with Crippen molar-refractivity contribution in [2.24, 2.45) is 5.92 Å². The van der Waals surface area contributed by atoms with E-state index in [-0.39, 0.29) is 0 Å². The van der Waals surface area contributed by atoms with Gasteiger partial charge in [0.2, 0.25) is 0 Å². The van der Waals surface area contributed by atoms with E-state index in [1.54, 1.807) is 5.57 Å². The van der Waals surface area contributed by atoms with E-state index in [4.69, 9.17) is 0 Å². The number of hydrogen-bond donors (Lipinski definition) is 0. The third-order valence-corrected chi connectivity index (χ3v) is 3.35. The first kappa shape index (κ1) is 11.2. The Morgan fingerprint density at radius 1 is 1.31 bits per heavy atom. The molecule has 1 atom stereocenters. The molecule has 1 aliphatic rings. The highest BCUT2D eigenvalue weighted by Gasteiger charge is 2.20. The number of benzene rings is 1. The van der Waals surface area contributed by atoms with Crippen LogP contribution in [0, 0.1) is 5.92 Å². The van der Waals surface area contributed by atoms with Crippen molar-refractivity contribution in [3.63, 3.8) is 0 Å². The van der Waals surface area contributed by atoms with Crippen molar-refractivity contribution >= 4 is 0 Å². The fourth-order valence-corrected chi connectivity index (χ4v) is 2.23. The highest BCUT2D eigenvalue weighted by molar-refractivity contribution is 5.24. The van der Waals surface area contributed by atoms with Gasteiger partial charge in [0.25, 0.3) is 0 Å². The van der Waals surface area contributed by atoms with Crippen LogP contribution in [0.25, 0.3) is 0 Å². The summed E-state index contributed by atoms with van der Waals surface area (Å²) in [6.45, 7) is 6.08. The van der Waals surface area contributed by atoms with E-state index >= 15 is 0 Å². The van der Waals surface area contributed by atoms with Crippen molar-refractivity contribution in [1.82, 2.24) is 0 Å². The minimum Gasteiger partial charge on any atom is -0.100 e. The third kappa shape index (κ3) is 2.85. The van der Waals surface area contributed by atoms with Crippen LogP contribution < -0.4 is 0 Å². The van der Waals surface area contributed by atoms with Crippen LogP contribution >= 0.6 is 0 Å². The molecule has 0 aliphatic heterocycles. The van der Waals surface area contributed by atoms with Gasteiger partial charge in [-0.05, 0) is 44.1 Å². The molecule has 1 aromatic rings. The highest BCUT2D eigenvalue weighted by atomic mass is 14.3. The molecule has 0 spiro atoms. The monoisotopic (exact) mass is 212 g/mol. The minimum absolute atomic E-state index is 0.793. The van der Waals surface area contributed by atoms with Gasteiger partial charge in [-0.2, -0.15) is 0 Å². The fraction of sp³-hybridized carbons (Fsp3) is 0.375. The second-order valence-electron chi connectivity index (χ2n) is 4.86. The average molecular weight is 212 g/mol. The summed E-state index contributed by atoms with van der Waals surface area (Å²) in [5, 5.41) is 0. The van der Waals surface area contributed by atoms with Gasteiger partial charge in [0, 0.05) is 0 Å². The van der Waals surface area contributed by atoms with Crippen LogP contribution in [-0.4, -0.2) is 0 Å². The van der Waals surface area contributed by atoms with Gasteiger partial charge in [0.1, 0.15) is 0 Å². The van der Waals surface area contributed by atoms with E-state index in [0.29, 0.717) is 0 Å². The molecule has 1 aliphatic carbocycles. The quantitative estimate of drug-likeness (QED) is 0.629. The summed E-state index contributed by atoms with van der Waals surface area (Å²) >= 11 is 0. The van der Waals surface area contributed by atoms with Crippen LogP contribution in [0.4, 0.5) is 0 Å².